The number of esters is 1. The number of likely N-dealkylation sites (tertiary alicyclic amines) is 1. The Kier molecular flexibility index (Phi) is 2.65. The maximum atomic E-state index is 11.2. The average Bonchev–Trinajstić information content (AvgIpc) is 2.46. The third kappa shape index (κ3) is 1.85. The van der Waals surface area contributed by atoms with Gasteiger partial charge in [-0.1, -0.05) is 0 Å². The van der Waals surface area contributed by atoms with Crippen molar-refractivity contribution in [3.05, 3.63) is 0 Å². The summed E-state index contributed by atoms with van der Waals surface area (Å²) in [6, 6.07) is 0. The van der Waals surface area contributed by atoms with Crippen LogP contribution in [0.5, 0.6) is 0 Å². The van der Waals surface area contributed by atoms with Gasteiger partial charge in [-0.3, -0.25) is 14.4 Å². The Balaban J connectivity index is 2.67. The molecular formula is C8H11NO4. The number of carbonyl (C=O) groups is 3. The highest BCUT2D eigenvalue weighted by Crippen LogP contribution is 2.13. The van der Waals surface area contributed by atoms with Crippen LogP contribution in [0, 0.1) is 5.92 Å². The van der Waals surface area contributed by atoms with Gasteiger partial charge in [0.2, 0.25) is 5.91 Å². The van der Waals surface area contributed by atoms with E-state index in [1.165, 1.54) is 18.9 Å². The van der Waals surface area contributed by atoms with Crippen LogP contribution in [0.2, 0.25) is 0 Å². The first-order valence-corrected chi connectivity index (χ1v) is 3.92. The van der Waals surface area contributed by atoms with Crippen molar-refractivity contribution in [1.82, 2.24) is 4.90 Å². The van der Waals surface area contributed by atoms with Crippen LogP contribution in [0.15, 0.2) is 0 Å². The van der Waals surface area contributed by atoms with Crippen LogP contribution < -0.4 is 0 Å². The van der Waals surface area contributed by atoms with Gasteiger partial charge in [0.05, 0.1) is 13.7 Å². The lowest BCUT2D eigenvalue weighted by atomic mass is 10.1. The second kappa shape index (κ2) is 3.55. The Labute approximate surface area is 75.6 Å². The number of nitrogens with zero attached hydrogens (tertiary/aromatic N) is 1. The van der Waals surface area contributed by atoms with Gasteiger partial charge < -0.3 is 9.64 Å². The third-order valence-corrected chi connectivity index (χ3v) is 2.07. The molecule has 1 rings (SSSR count). The predicted octanol–water partition coefficient (Wildman–Crippen LogP) is -0.793. The van der Waals surface area contributed by atoms with Crippen LogP contribution in [-0.4, -0.2) is 42.8 Å². The Morgan fingerprint density at radius 1 is 1.54 bits per heavy atom. The number of amides is 1. The molecule has 1 aliphatic heterocycles. The number of methoxy groups -OCH3 is 1. The van der Waals surface area contributed by atoms with Crippen molar-refractivity contribution in [3.63, 3.8) is 0 Å². The van der Waals surface area contributed by atoms with E-state index in [-0.39, 0.29) is 24.8 Å². The minimum atomic E-state index is -0.783. The molecule has 5 nitrogen and oxygen atoms in total. The van der Waals surface area contributed by atoms with Crippen LogP contribution in [0.4, 0.5) is 0 Å². The highest BCUT2D eigenvalue weighted by Gasteiger charge is 2.37. The number of hydrogen-bond acceptors (Lipinski definition) is 4. The summed E-state index contributed by atoms with van der Waals surface area (Å²) in [5.74, 6) is -1.79. The van der Waals surface area contributed by atoms with Crippen molar-refractivity contribution in [2.75, 3.05) is 20.2 Å². The first kappa shape index (κ1) is 9.70. The molecule has 0 aromatic carbocycles. The highest BCUT2D eigenvalue weighted by molar-refractivity contribution is 6.03. The van der Waals surface area contributed by atoms with Crippen LogP contribution in [0.25, 0.3) is 0 Å². The van der Waals surface area contributed by atoms with E-state index in [0.717, 1.165) is 0 Å². The second-order valence-corrected chi connectivity index (χ2v) is 2.94. The molecule has 1 unspecified atom stereocenters. The monoisotopic (exact) mass is 185 g/mol. The van der Waals surface area contributed by atoms with E-state index in [1.807, 2.05) is 0 Å². The standard InChI is InChI=1S/C8H11NO4/c1-5(10)9-3-6(7(11)4-9)8(12)13-2/h6H,3-4H2,1-2H3. The number of carbonyl (C=O) groups excluding carboxylic acids is 3. The topological polar surface area (TPSA) is 63.7 Å². The summed E-state index contributed by atoms with van der Waals surface area (Å²) in [7, 11) is 1.23. The van der Waals surface area contributed by atoms with Crippen LogP contribution in [-0.2, 0) is 19.1 Å². The number of ketones is 1. The van der Waals surface area contributed by atoms with Gasteiger partial charge in [0.15, 0.2) is 5.78 Å². The van der Waals surface area contributed by atoms with E-state index >= 15 is 0 Å². The molecule has 1 fully saturated rings. The minimum absolute atomic E-state index is 0.0229. The summed E-state index contributed by atoms with van der Waals surface area (Å²) in [4.78, 5) is 34.4. The Bertz CT molecular complexity index is 261. The van der Waals surface area contributed by atoms with E-state index in [2.05, 4.69) is 4.74 Å². The lowest BCUT2D eigenvalue weighted by Crippen LogP contribution is -2.27. The van der Waals surface area contributed by atoms with Gasteiger partial charge in [-0.05, 0) is 0 Å². The fraction of sp³-hybridized carbons (Fsp3) is 0.625. The fourth-order valence-electron chi connectivity index (χ4n) is 1.27. The summed E-state index contributed by atoms with van der Waals surface area (Å²) >= 11 is 0. The van der Waals surface area contributed by atoms with Crippen molar-refractivity contribution >= 4 is 17.7 Å². The molecule has 0 bridgehead atoms. The summed E-state index contributed by atoms with van der Waals surface area (Å²) in [5, 5.41) is 0. The molecule has 1 saturated heterocycles. The molecule has 0 radical (unpaired) electrons. The molecule has 0 saturated carbocycles. The van der Waals surface area contributed by atoms with Crippen molar-refractivity contribution in [2.45, 2.75) is 6.92 Å². The molecule has 1 heterocycles. The minimum Gasteiger partial charge on any atom is -0.468 e. The van der Waals surface area contributed by atoms with Gasteiger partial charge >= 0.3 is 5.97 Å². The molecule has 72 valence electrons. The number of rotatable bonds is 1. The van der Waals surface area contributed by atoms with Crippen LogP contribution >= 0.6 is 0 Å². The summed E-state index contributed by atoms with van der Waals surface area (Å²) in [5.41, 5.74) is 0. The van der Waals surface area contributed by atoms with Gasteiger partial charge in [-0.2, -0.15) is 0 Å². The zero-order valence-electron chi connectivity index (χ0n) is 7.57. The molecule has 0 aromatic heterocycles. The lowest BCUT2D eigenvalue weighted by molar-refractivity contribution is -0.147. The van der Waals surface area contributed by atoms with E-state index in [4.69, 9.17) is 0 Å². The van der Waals surface area contributed by atoms with Gasteiger partial charge in [-0.15, -0.1) is 0 Å². The van der Waals surface area contributed by atoms with Crippen LogP contribution in [0.1, 0.15) is 6.92 Å². The van der Waals surface area contributed by atoms with Crippen molar-refractivity contribution in [2.24, 2.45) is 5.92 Å². The average molecular weight is 185 g/mol. The largest absolute Gasteiger partial charge is 0.468 e. The van der Waals surface area contributed by atoms with E-state index in [1.54, 1.807) is 0 Å². The molecule has 1 aliphatic rings. The number of Topliss-reactive ketones (excluding diaryl/α,β-unsaturated/α-hetero) is 1. The zero-order valence-corrected chi connectivity index (χ0v) is 7.57. The molecule has 0 aromatic rings. The first-order chi connectivity index (χ1) is 6.06. The van der Waals surface area contributed by atoms with E-state index in [0.29, 0.717) is 0 Å². The van der Waals surface area contributed by atoms with Gasteiger partial charge in [-0.25, -0.2) is 0 Å². The fourth-order valence-corrected chi connectivity index (χ4v) is 1.27. The first-order valence-electron chi connectivity index (χ1n) is 3.92. The highest BCUT2D eigenvalue weighted by atomic mass is 16.5. The maximum absolute atomic E-state index is 11.2. The molecule has 0 N–H and O–H groups in total. The summed E-state index contributed by atoms with van der Waals surface area (Å²) in [6.07, 6.45) is 0. The van der Waals surface area contributed by atoms with E-state index < -0.39 is 11.9 Å². The van der Waals surface area contributed by atoms with Gasteiger partial charge in [0, 0.05) is 13.5 Å². The molecule has 0 aliphatic carbocycles. The Hall–Kier alpha value is -1.39. The molecule has 5 heteroatoms. The van der Waals surface area contributed by atoms with Gasteiger partial charge in [0.25, 0.3) is 0 Å². The molecule has 1 atom stereocenters. The molecule has 13 heavy (non-hydrogen) atoms. The van der Waals surface area contributed by atoms with Crippen molar-refractivity contribution < 1.29 is 19.1 Å². The molecular weight excluding hydrogens is 174 g/mol. The van der Waals surface area contributed by atoms with Crippen molar-refractivity contribution in [3.8, 4) is 0 Å². The Morgan fingerprint density at radius 2 is 2.15 bits per heavy atom. The smallest absolute Gasteiger partial charge is 0.318 e. The Morgan fingerprint density at radius 3 is 2.54 bits per heavy atom. The summed E-state index contributed by atoms with van der Waals surface area (Å²) < 4.78 is 4.43. The lowest BCUT2D eigenvalue weighted by Gasteiger charge is -2.10. The summed E-state index contributed by atoms with van der Waals surface area (Å²) in [6.45, 7) is 1.54. The normalized spacial score (nSPS) is 21.8. The van der Waals surface area contributed by atoms with Gasteiger partial charge in [0.1, 0.15) is 5.92 Å². The SMILES string of the molecule is COC(=O)C1CN(C(C)=O)CC1=O. The number of ether oxygens (including phenoxy) is 1. The van der Waals surface area contributed by atoms with Crippen molar-refractivity contribution in [1.29, 1.82) is 0 Å². The van der Waals surface area contributed by atoms with Crippen LogP contribution in [0.3, 0.4) is 0 Å². The van der Waals surface area contributed by atoms with E-state index in [9.17, 15) is 14.4 Å². The third-order valence-electron chi connectivity index (χ3n) is 2.07. The quantitative estimate of drug-likeness (QED) is 0.396. The molecule has 1 amide bonds. The molecule has 0 spiro atoms. The predicted molar refractivity (Wildman–Crippen MR) is 42.8 cm³/mol. The zero-order chi connectivity index (χ0) is 10.0. The maximum Gasteiger partial charge on any atom is 0.318 e. The second-order valence-electron chi connectivity index (χ2n) is 2.94. The number of hydrogen-bond donors (Lipinski definition) is 0.